The third-order valence-corrected chi connectivity index (χ3v) is 7.99. The van der Waals surface area contributed by atoms with Gasteiger partial charge in [-0.05, 0) is 89.6 Å². The SMILES string of the molecule is CSCC[C@H](NC(=O)c1ccc(CN(Cc2ccc(F)cc2)c2ccc3c(c2)OCO3)cc1-c1ccccc1C)C(=O)[O-].[Li+]. The van der Waals surface area contributed by atoms with Crippen LogP contribution in [-0.2, 0) is 17.9 Å². The Kier molecular flexibility index (Phi) is 11.4. The van der Waals surface area contributed by atoms with E-state index >= 15 is 0 Å². The Morgan fingerprint density at radius 3 is 2.36 bits per heavy atom. The number of carbonyl (C=O) groups is 2. The van der Waals surface area contributed by atoms with Gasteiger partial charge in [0.25, 0.3) is 5.91 Å². The number of carboxylic acid groups (broad SMARTS) is 1. The molecule has 222 valence electrons. The van der Waals surface area contributed by atoms with Gasteiger partial charge in [0.15, 0.2) is 11.5 Å². The number of benzene rings is 4. The molecule has 0 aromatic heterocycles. The summed E-state index contributed by atoms with van der Waals surface area (Å²) in [5.74, 6) is -0.180. The first-order chi connectivity index (χ1) is 20.8. The molecule has 10 heteroatoms. The van der Waals surface area contributed by atoms with Crippen molar-refractivity contribution in [3.8, 4) is 22.6 Å². The van der Waals surface area contributed by atoms with Crippen LogP contribution in [0.4, 0.5) is 10.1 Å². The molecule has 7 nitrogen and oxygen atoms in total. The maximum atomic E-state index is 13.7. The summed E-state index contributed by atoms with van der Waals surface area (Å²) in [6, 6.07) is 24.4. The van der Waals surface area contributed by atoms with E-state index < -0.39 is 17.9 Å². The molecule has 4 aromatic carbocycles. The van der Waals surface area contributed by atoms with Gasteiger partial charge >= 0.3 is 18.9 Å². The molecule has 0 fully saturated rings. The quantitative estimate of drug-likeness (QED) is 0.248. The average Bonchev–Trinajstić information content (AvgIpc) is 3.48. The van der Waals surface area contributed by atoms with E-state index in [1.807, 2.05) is 67.8 Å². The van der Waals surface area contributed by atoms with Gasteiger partial charge in [-0.15, -0.1) is 0 Å². The first-order valence-electron chi connectivity index (χ1n) is 13.9. The number of hydrogen-bond donors (Lipinski definition) is 1. The molecule has 0 spiro atoms. The molecule has 1 aliphatic heterocycles. The van der Waals surface area contributed by atoms with E-state index in [4.69, 9.17) is 9.47 Å². The third kappa shape index (κ3) is 7.97. The molecule has 1 N–H and O–H groups in total. The summed E-state index contributed by atoms with van der Waals surface area (Å²) in [5.41, 5.74) is 5.66. The van der Waals surface area contributed by atoms with Gasteiger partial charge in [0.1, 0.15) is 5.82 Å². The fraction of sp³-hybridized carbons (Fsp3) is 0.235. The van der Waals surface area contributed by atoms with Crippen molar-refractivity contribution in [2.45, 2.75) is 32.5 Å². The van der Waals surface area contributed by atoms with Crippen LogP contribution in [0.3, 0.4) is 0 Å². The Hall–Kier alpha value is -3.90. The minimum Gasteiger partial charge on any atom is -0.548 e. The van der Waals surface area contributed by atoms with E-state index in [-0.39, 0.29) is 37.9 Å². The van der Waals surface area contributed by atoms with Crippen LogP contribution in [0, 0.1) is 12.7 Å². The van der Waals surface area contributed by atoms with E-state index in [1.165, 1.54) is 23.9 Å². The molecule has 1 atom stereocenters. The van der Waals surface area contributed by atoms with Gasteiger partial charge in [0, 0.05) is 30.4 Å². The number of carbonyl (C=O) groups excluding carboxylic acids is 2. The van der Waals surface area contributed by atoms with Crippen molar-refractivity contribution in [2.24, 2.45) is 0 Å². The van der Waals surface area contributed by atoms with Gasteiger partial charge in [-0.25, -0.2) is 4.39 Å². The fourth-order valence-corrected chi connectivity index (χ4v) is 5.53. The number of hydrogen-bond acceptors (Lipinski definition) is 7. The maximum absolute atomic E-state index is 13.7. The molecule has 0 saturated carbocycles. The Balaban J connectivity index is 0.00000442. The molecule has 0 bridgehead atoms. The number of amides is 1. The van der Waals surface area contributed by atoms with Crippen LogP contribution in [0.25, 0.3) is 11.1 Å². The average molecular weight is 607 g/mol. The second-order valence-electron chi connectivity index (χ2n) is 10.3. The number of thioether (sulfide) groups is 1. The molecular formula is C34H32FLiN2O5S. The molecule has 1 aliphatic rings. The third-order valence-electron chi connectivity index (χ3n) is 7.35. The van der Waals surface area contributed by atoms with Gasteiger partial charge in [-0.1, -0.05) is 42.5 Å². The number of nitrogens with zero attached hydrogens (tertiary/aromatic N) is 1. The zero-order valence-electron chi connectivity index (χ0n) is 25.0. The number of carboxylic acids is 1. The molecule has 0 aliphatic carbocycles. The largest absolute Gasteiger partial charge is 1.00 e. The summed E-state index contributed by atoms with van der Waals surface area (Å²) < 4.78 is 24.8. The van der Waals surface area contributed by atoms with Crippen molar-refractivity contribution in [3.05, 3.63) is 113 Å². The summed E-state index contributed by atoms with van der Waals surface area (Å²) in [7, 11) is 0. The molecule has 0 radical (unpaired) electrons. The van der Waals surface area contributed by atoms with Crippen LogP contribution in [0.5, 0.6) is 11.5 Å². The number of aliphatic carboxylic acids is 1. The molecular weight excluding hydrogens is 574 g/mol. The minimum atomic E-state index is -1.31. The monoisotopic (exact) mass is 606 g/mol. The summed E-state index contributed by atoms with van der Waals surface area (Å²) in [6.45, 7) is 3.09. The Morgan fingerprint density at radius 1 is 0.932 bits per heavy atom. The van der Waals surface area contributed by atoms with Crippen molar-refractivity contribution in [2.75, 3.05) is 23.7 Å². The second kappa shape index (κ2) is 15.2. The van der Waals surface area contributed by atoms with Crippen LogP contribution in [0.2, 0.25) is 0 Å². The van der Waals surface area contributed by atoms with Crippen molar-refractivity contribution in [1.29, 1.82) is 0 Å². The van der Waals surface area contributed by atoms with Crippen LogP contribution < -0.4 is 43.7 Å². The van der Waals surface area contributed by atoms with Gasteiger partial charge < -0.3 is 29.6 Å². The fourth-order valence-electron chi connectivity index (χ4n) is 5.06. The standard InChI is InChI=1S/C34H33FN2O5S.Li/c1-22-5-3-4-6-27(22)29-17-24(9-13-28(29)33(38)36-30(34(39)40)15-16-43-2)20-37(19-23-7-10-25(35)11-8-23)26-12-14-31-32(18-26)42-21-41-31;/h3-14,17-18,30H,15-16,19-21H2,1-2H3,(H,36,38)(H,39,40);/q;+1/p-1/t30-;/m0./s1. The number of fused-ring (bicyclic) bond motifs is 1. The Bertz CT molecular complexity index is 1620. The number of ether oxygens (including phenoxy) is 2. The van der Waals surface area contributed by atoms with E-state index in [2.05, 4.69) is 10.2 Å². The summed E-state index contributed by atoms with van der Waals surface area (Å²) in [5, 5.41) is 14.4. The van der Waals surface area contributed by atoms with E-state index in [9.17, 15) is 19.1 Å². The van der Waals surface area contributed by atoms with Gasteiger partial charge in [-0.3, -0.25) is 4.79 Å². The Labute approximate surface area is 272 Å². The zero-order chi connectivity index (χ0) is 30.3. The number of anilines is 1. The predicted molar refractivity (Wildman–Crippen MR) is 165 cm³/mol. The number of aryl methyl sites for hydroxylation is 1. The summed E-state index contributed by atoms with van der Waals surface area (Å²) in [6.07, 6.45) is 2.15. The van der Waals surface area contributed by atoms with Gasteiger partial charge in [-0.2, -0.15) is 11.8 Å². The van der Waals surface area contributed by atoms with Gasteiger partial charge in [0.05, 0.1) is 12.0 Å². The topological polar surface area (TPSA) is 90.9 Å². The smallest absolute Gasteiger partial charge is 0.548 e. The first-order valence-corrected chi connectivity index (χ1v) is 15.3. The second-order valence-corrected chi connectivity index (χ2v) is 11.3. The van der Waals surface area contributed by atoms with Crippen molar-refractivity contribution >= 4 is 29.3 Å². The molecule has 1 heterocycles. The van der Waals surface area contributed by atoms with E-state index in [0.717, 1.165) is 27.9 Å². The molecule has 1 amide bonds. The van der Waals surface area contributed by atoms with Crippen LogP contribution >= 0.6 is 11.8 Å². The number of halogens is 1. The minimum absolute atomic E-state index is 0. The molecule has 4 aromatic rings. The molecule has 0 saturated heterocycles. The molecule has 44 heavy (non-hydrogen) atoms. The maximum Gasteiger partial charge on any atom is 1.00 e. The van der Waals surface area contributed by atoms with Crippen LogP contribution in [0.15, 0.2) is 84.9 Å². The first kappa shape index (κ1) is 33.0. The van der Waals surface area contributed by atoms with E-state index in [1.54, 1.807) is 18.2 Å². The van der Waals surface area contributed by atoms with Gasteiger partial charge in [0.2, 0.25) is 6.79 Å². The predicted octanol–water partition coefficient (Wildman–Crippen LogP) is 2.34. The number of rotatable bonds is 12. The van der Waals surface area contributed by atoms with Crippen molar-refractivity contribution in [1.82, 2.24) is 5.32 Å². The Morgan fingerprint density at radius 2 is 1.64 bits per heavy atom. The van der Waals surface area contributed by atoms with E-state index in [0.29, 0.717) is 41.5 Å². The summed E-state index contributed by atoms with van der Waals surface area (Å²) in [4.78, 5) is 27.4. The molecule has 5 rings (SSSR count). The van der Waals surface area contributed by atoms with Crippen molar-refractivity contribution in [3.63, 3.8) is 0 Å². The molecule has 0 unspecified atom stereocenters. The van der Waals surface area contributed by atoms with Crippen LogP contribution in [0.1, 0.15) is 33.5 Å². The normalized spacial score (nSPS) is 12.2. The zero-order valence-corrected chi connectivity index (χ0v) is 25.8. The van der Waals surface area contributed by atoms with Crippen molar-refractivity contribution < 1.29 is 47.4 Å². The van der Waals surface area contributed by atoms with Crippen LogP contribution in [-0.4, -0.2) is 36.7 Å². The number of nitrogens with one attached hydrogen (secondary N) is 1. The summed E-state index contributed by atoms with van der Waals surface area (Å²) >= 11 is 1.51.